The predicted molar refractivity (Wildman–Crippen MR) is 114 cm³/mol. The van der Waals surface area contributed by atoms with Crippen LogP contribution in [0.2, 0.25) is 0 Å². The van der Waals surface area contributed by atoms with Gasteiger partial charge in [-0.05, 0) is 44.9 Å². The Bertz CT molecular complexity index is 868. The number of aryl methyl sites for hydroxylation is 1. The third-order valence-electron chi connectivity index (χ3n) is 4.62. The molecule has 154 valence electrons. The van der Waals surface area contributed by atoms with Crippen molar-refractivity contribution in [3.8, 4) is 0 Å². The van der Waals surface area contributed by atoms with Crippen molar-refractivity contribution in [2.24, 2.45) is 4.99 Å². The molecule has 1 aromatic rings. The molecule has 1 aromatic carbocycles. The van der Waals surface area contributed by atoms with E-state index in [1.807, 2.05) is 32.9 Å². The average Bonchev–Trinajstić information content (AvgIpc) is 3.08. The van der Waals surface area contributed by atoms with Crippen molar-refractivity contribution >= 4 is 38.4 Å². The zero-order valence-electron chi connectivity index (χ0n) is 16.4. The number of anilines is 1. The van der Waals surface area contributed by atoms with Crippen LogP contribution in [-0.2, 0) is 14.6 Å². The van der Waals surface area contributed by atoms with E-state index in [-0.39, 0.29) is 34.8 Å². The van der Waals surface area contributed by atoms with Gasteiger partial charge in [-0.25, -0.2) is 8.42 Å². The summed E-state index contributed by atoms with van der Waals surface area (Å²) in [6, 6.07) is 5.33. The van der Waals surface area contributed by atoms with E-state index in [1.165, 1.54) is 11.8 Å². The molecule has 0 spiro atoms. The number of hydrogen-bond acceptors (Lipinski definition) is 7. The molecule has 9 heteroatoms. The molecule has 2 aliphatic rings. The van der Waals surface area contributed by atoms with Crippen LogP contribution in [0.1, 0.15) is 36.2 Å². The summed E-state index contributed by atoms with van der Waals surface area (Å²) in [5, 5.41) is 6.88. The van der Waals surface area contributed by atoms with Crippen molar-refractivity contribution in [1.29, 1.82) is 0 Å². The lowest BCUT2D eigenvalue weighted by molar-refractivity contribution is 0.0757. The normalized spacial score (nSPS) is 22.8. The summed E-state index contributed by atoms with van der Waals surface area (Å²) in [5.41, 5.74) is 2.38. The number of carbonyl (C=O) groups excluding carboxylic acids is 1. The van der Waals surface area contributed by atoms with E-state index in [2.05, 4.69) is 15.6 Å². The largest absolute Gasteiger partial charge is 0.379 e. The topological polar surface area (TPSA) is 96.9 Å². The molecule has 1 fully saturated rings. The summed E-state index contributed by atoms with van der Waals surface area (Å²) in [5.74, 6) is 0.174. The summed E-state index contributed by atoms with van der Waals surface area (Å²) in [6.07, 6.45) is 0.956. The second-order valence-corrected chi connectivity index (χ2v) is 10.8. The summed E-state index contributed by atoms with van der Waals surface area (Å²) >= 11 is 1.47. The van der Waals surface area contributed by atoms with Gasteiger partial charge in [-0.1, -0.05) is 17.8 Å². The van der Waals surface area contributed by atoms with Crippen LogP contribution < -0.4 is 10.6 Å². The molecule has 0 aromatic heterocycles. The van der Waals surface area contributed by atoms with E-state index in [0.29, 0.717) is 18.7 Å². The van der Waals surface area contributed by atoms with E-state index in [4.69, 9.17) is 4.74 Å². The van der Waals surface area contributed by atoms with Crippen LogP contribution in [0.3, 0.4) is 0 Å². The number of benzene rings is 1. The van der Waals surface area contributed by atoms with E-state index in [0.717, 1.165) is 22.8 Å². The van der Waals surface area contributed by atoms with E-state index >= 15 is 0 Å². The number of amidine groups is 1. The fourth-order valence-electron chi connectivity index (χ4n) is 3.12. The van der Waals surface area contributed by atoms with Crippen molar-refractivity contribution in [2.45, 2.75) is 44.6 Å². The summed E-state index contributed by atoms with van der Waals surface area (Å²) in [7, 11) is -2.96. The maximum atomic E-state index is 12.4. The zero-order chi connectivity index (χ0) is 20.3. The molecule has 1 amide bonds. The first-order chi connectivity index (χ1) is 13.2. The number of nitrogens with zero attached hydrogens (tertiary/aromatic N) is 1. The smallest absolute Gasteiger partial charge is 0.251 e. The molecule has 0 unspecified atom stereocenters. The van der Waals surface area contributed by atoms with Crippen LogP contribution in [0, 0.1) is 6.92 Å². The van der Waals surface area contributed by atoms with E-state index in [9.17, 15) is 13.2 Å². The molecule has 2 atom stereocenters. The molecule has 2 N–H and O–H groups in total. The van der Waals surface area contributed by atoms with Crippen molar-refractivity contribution < 1.29 is 17.9 Å². The van der Waals surface area contributed by atoms with Crippen molar-refractivity contribution in [2.75, 3.05) is 30.0 Å². The van der Waals surface area contributed by atoms with Gasteiger partial charge in [0.15, 0.2) is 15.0 Å². The SMILES string of the molecule is Cc1ccc(C(=O)NCCCOC(C)C)cc1NC1=N[C@H]2CS(=O)(=O)C[C@H]2S1. The highest BCUT2D eigenvalue weighted by molar-refractivity contribution is 8.15. The molecule has 0 saturated carbocycles. The molecular formula is C19H27N3O4S2. The lowest BCUT2D eigenvalue weighted by Gasteiger charge is -2.12. The first-order valence-electron chi connectivity index (χ1n) is 9.46. The van der Waals surface area contributed by atoms with Gasteiger partial charge in [-0.2, -0.15) is 0 Å². The fraction of sp³-hybridized carbons (Fsp3) is 0.579. The lowest BCUT2D eigenvalue weighted by Crippen LogP contribution is -2.25. The Kier molecular flexibility index (Phi) is 6.67. The van der Waals surface area contributed by atoms with Gasteiger partial charge >= 0.3 is 0 Å². The average molecular weight is 426 g/mol. The number of carbonyl (C=O) groups is 1. The number of rotatable bonds is 7. The molecule has 28 heavy (non-hydrogen) atoms. The Labute approximate surface area is 170 Å². The zero-order valence-corrected chi connectivity index (χ0v) is 18.0. The first kappa shape index (κ1) is 21.1. The number of ether oxygens (including phenoxy) is 1. The maximum absolute atomic E-state index is 12.4. The Hall–Kier alpha value is -1.58. The van der Waals surface area contributed by atoms with Crippen LogP contribution in [0.4, 0.5) is 5.69 Å². The van der Waals surface area contributed by atoms with E-state index in [1.54, 1.807) is 6.07 Å². The first-order valence-corrected chi connectivity index (χ1v) is 12.2. The van der Waals surface area contributed by atoms with Gasteiger partial charge < -0.3 is 15.4 Å². The Balaban J connectivity index is 1.57. The van der Waals surface area contributed by atoms with Gasteiger partial charge in [0.05, 0.1) is 23.7 Å². The molecule has 1 saturated heterocycles. The fourth-order valence-corrected chi connectivity index (χ4v) is 6.79. The quantitative estimate of drug-likeness (QED) is 0.650. The molecule has 3 rings (SSSR count). The highest BCUT2D eigenvalue weighted by Gasteiger charge is 2.42. The number of fused-ring (bicyclic) bond motifs is 1. The molecule has 0 aliphatic carbocycles. The summed E-state index contributed by atoms with van der Waals surface area (Å²) in [4.78, 5) is 16.9. The minimum absolute atomic E-state index is 0.00709. The number of sulfone groups is 1. The van der Waals surface area contributed by atoms with Crippen molar-refractivity contribution in [1.82, 2.24) is 5.32 Å². The standard InChI is InChI=1S/C19H27N3O4S2/c1-12(2)26-8-4-7-20-18(23)14-6-5-13(3)15(9-14)21-19-22-16-10-28(24,25)11-17(16)27-19/h5-6,9,12,16-17H,4,7-8,10-11H2,1-3H3,(H,20,23)(H,21,22)/t16-,17+/m0/s1. The molecule has 7 nitrogen and oxygen atoms in total. The highest BCUT2D eigenvalue weighted by atomic mass is 32.2. The molecule has 0 radical (unpaired) electrons. The van der Waals surface area contributed by atoms with Crippen molar-refractivity contribution in [3.05, 3.63) is 29.3 Å². The van der Waals surface area contributed by atoms with Crippen LogP contribution in [0.15, 0.2) is 23.2 Å². The monoisotopic (exact) mass is 425 g/mol. The van der Waals surface area contributed by atoms with Gasteiger partial charge in [0, 0.05) is 29.7 Å². The Morgan fingerprint density at radius 3 is 2.86 bits per heavy atom. The van der Waals surface area contributed by atoms with Crippen LogP contribution in [0.25, 0.3) is 0 Å². The van der Waals surface area contributed by atoms with Crippen molar-refractivity contribution in [3.63, 3.8) is 0 Å². The second kappa shape index (κ2) is 8.84. The van der Waals surface area contributed by atoms with Crippen LogP contribution >= 0.6 is 11.8 Å². The van der Waals surface area contributed by atoms with Crippen LogP contribution in [0.5, 0.6) is 0 Å². The number of thioether (sulfide) groups is 1. The molecule has 2 heterocycles. The van der Waals surface area contributed by atoms with Gasteiger partial charge in [0.1, 0.15) is 0 Å². The Morgan fingerprint density at radius 2 is 2.14 bits per heavy atom. The third kappa shape index (κ3) is 5.48. The van der Waals surface area contributed by atoms with Gasteiger partial charge in [-0.3, -0.25) is 9.79 Å². The van der Waals surface area contributed by atoms with E-state index < -0.39 is 9.84 Å². The summed E-state index contributed by atoms with van der Waals surface area (Å²) < 4.78 is 28.8. The predicted octanol–water partition coefficient (Wildman–Crippen LogP) is 2.22. The maximum Gasteiger partial charge on any atom is 0.251 e. The third-order valence-corrected chi connectivity index (χ3v) is 7.76. The Morgan fingerprint density at radius 1 is 1.36 bits per heavy atom. The molecular weight excluding hydrogens is 398 g/mol. The molecule has 2 aliphatic heterocycles. The van der Waals surface area contributed by atoms with Gasteiger partial charge in [-0.15, -0.1) is 0 Å². The minimum Gasteiger partial charge on any atom is -0.379 e. The highest BCUT2D eigenvalue weighted by Crippen LogP contribution is 2.35. The summed E-state index contributed by atoms with van der Waals surface area (Å²) in [6.45, 7) is 7.10. The number of amides is 1. The van der Waals surface area contributed by atoms with Gasteiger partial charge in [0.25, 0.3) is 5.91 Å². The lowest BCUT2D eigenvalue weighted by atomic mass is 10.1. The van der Waals surface area contributed by atoms with Crippen LogP contribution in [-0.4, -0.2) is 61.5 Å². The minimum atomic E-state index is -2.96. The number of nitrogens with one attached hydrogen (secondary N) is 2. The van der Waals surface area contributed by atoms with Gasteiger partial charge in [0.2, 0.25) is 0 Å². The number of aliphatic imine (C=N–C) groups is 1. The second-order valence-electron chi connectivity index (χ2n) is 7.42. The molecule has 0 bridgehead atoms. The number of hydrogen-bond donors (Lipinski definition) is 2.